The van der Waals surface area contributed by atoms with Crippen molar-refractivity contribution < 1.29 is 9.59 Å². The zero-order valence-electron chi connectivity index (χ0n) is 16.2. The van der Waals surface area contributed by atoms with E-state index in [0.29, 0.717) is 23.2 Å². The van der Waals surface area contributed by atoms with Gasteiger partial charge in [-0.25, -0.2) is 0 Å². The van der Waals surface area contributed by atoms with E-state index in [1.807, 2.05) is 19.9 Å². The molecule has 4 atom stereocenters. The largest absolute Gasteiger partial charge is 0.381 e. The van der Waals surface area contributed by atoms with Crippen LogP contribution in [0, 0.1) is 18.8 Å². The number of hydrogen-bond acceptors (Lipinski definition) is 4. The lowest BCUT2D eigenvalue weighted by molar-refractivity contribution is -0.129. The molecule has 0 aliphatic carbocycles. The van der Waals surface area contributed by atoms with Gasteiger partial charge in [-0.15, -0.1) is 0 Å². The fourth-order valence-corrected chi connectivity index (χ4v) is 4.26. The topological polar surface area (TPSA) is 82.3 Å². The first-order valence-electron chi connectivity index (χ1n) is 9.71. The van der Waals surface area contributed by atoms with Crippen LogP contribution < -0.4 is 21.3 Å². The fourth-order valence-electron chi connectivity index (χ4n) is 4.04. The first-order valence-corrected chi connectivity index (χ1v) is 10.1. The van der Waals surface area contributed by atoms with Crippen molar-refractivity contribution >= 4 is 29.1 Å². The molecule has 2 aliphatic heterocycles. The van der Waals surface area contributed by atoms with E-state index < -0.39 is 0 Å². The van der Waals surface area contributed by atoms with Crippen LogP contribution in [0.5, 0.6) is 0 Å². The zero-order chi connectivity index (χ0) is 19.6. The Morgan fingerprint density at radius 2 is 2.11 bits per heavy atom. The molecule has 2 amide bonds. The van der Waals surface area contributed by atoms with Gasteiger partial charge in [0, 0.05) is 41.4 Å². The number of carbonyl (C=O) groups excluding carboxylic acids is 2. The van der Waals surface area contributed by atoms with E-state index in [0.717, 1.165) is 37.2 Å². The van der Waals surface area contributed by atoms with Crippen LogP contribution in [0.4, 0.5) is 5.69 Å². The molecule has 2 saturated heterocycles. The number of benzene rings is 1. The number of amides is 2. The van der Waals surface area contributed by atoms with E-state index >= 15 is 0 Å². The summed E-state index contributed by atoms with van der Waals surface area (Å²) in [6.07, 6.45) is 1.96. The van der Waals surface area contributed by atoms with Gasteiger partial charge in [0.2, 0.25) is 5.91 Å². The quantitative estimate of drug-likeness (QED) is 0.619. The van der Waals surface area contributed by atoms with E-state index in [-0.39, 0.29) is 29.7 Å². The van der Waals surface area contributed by atoms with Crippen LogP contribution in [0.15, 0.2) is 12.1 Å². The van der Waals surface area contributed by atoms with Crippen molar-refractivity contribution in [1.82, 2.24) is 16.0 Å². The lowest BCUT2D eigenvalue weighted by Crippen LogP contribution is -2.50. The lowest BCUT2D eigenvalue weighted by atomic mass is 9.84. The molecule has 0 aromatic heterocycles. The molecule has 0 spiro atoms. The first-order chi connectivity index (χ1) is 12.8. The molecule has 4 N–H and O–H groups in total. The Balaban J connectivity index is 1.68. The summed E-state index contributed by atoms with van der Waals surface area (Å²) < 4.78 is 0. The second kappa shape index (κ2) is 8.48. The van der Waals surface area contributed by atoms with Crippen LogP contribution in [0.25, 0.3) is 0 Å². The Bertz CT molecular complexity index is 718. The molecule has 3 rings (SSSR count). The molecule has 6 nitrogen and oxygen atoms in total. The minimum absolute atomic E-state index is 0.0143. The SMILES string of the molecule is Cc1c(NC2CCNC2)cc(Cl)cc1C(=O)NCC1C(=O)NC(C)CC1C. The third-order valence-electron chi connectivity index (χ3n) is 5.66. The summed E-state index contributed by atoms with van der Waals surface area (Å²) in [5.41, 5.74) is 2.31. The summed E-state index contributed by atoms with van der Waals surface area (Å²) in [7, 11) is 0. The van der Waals surface area contributed by atoms with Crippen molar-refractivity contribution in [3.63, 3.8) is 0 Å². The molecule has 0 radical (unpaired) electrons. The molecule has 27 heavy (non-hydrogen) atoms. The Morgan fingerprint density at radius 3 is 2.78 bits per heavy atom. The molecule has 4 unspecified atom stereocenters. The number of anilines is 1. The Labute approximate surface area is 165 Å². The first kappa shape index (κ1) is 20.0. The normalized spacial score (nSPS) is 27.9. The molecular formula is C20H29ClN4O2. The average Bonchev–Trinajstić information content (AvgIpc) is 3.09. The van der Waals surface area contributed by atoms with Crippen molar-refractivity contribution in [2.75, 3.05) is 25.0 Å². The molecule has 2 fully saturated rings. The summed E-state index contributed by atoms with van der Waals surface area (Å²) in [6, 6.07) is 4.08. The Morgan fingerprint density at radius 1 is 1.33 bits per heavy atom. The van der Waals surface area contributed by atoms with E-state index in [1.54, 1.807) is 6.07 Å². The molecule has 0 saturated carbocycles. The van der Waals surface area contributed by atoms with Gasteiger partial charge in [0.1, 0.15) is 0 Å². The number of halogens is 1. The van der Waals surface area contributed by atoms with E-state index in [9.17, 15) is 9.59 Å². The van der Waals surface area contributed by atoms with Gasteiger partial charge >= 0.3 is 0 Å². The lowest BCUT2D eigenvalue weighted by Gasteiger charge is -2.32. The van der Waals surface area contributed by atoms with E-state index in [1.165, 1.54) is 0 Å². The van der Waals surface area contributed by atoms with E-state index in [4.69, 9.17) is 11.6 Å². The number of carbonyl (C=O) groups is 2. The van der Waals surface area contributed by atoms with Gasteiger partial charge in [0.15, 0.2) is 0 Å². The number of nitrogens with one attached hydrogen (secondary N) is 4. The molecule has 1 aromatic carbocycles. The molecule has 148 valence electrons. The molecular weight excluding hydrogens is 364 g/mol. The third kappa shape index (κ3) is 4.74. The molecule has 0 bridgehead atoms. The second-order valence-corrected chi connectivity index (χ2v) is 8.34. The van der Waals surface area contributed by atoms with Gasteiger partial charge in [-0.05, 0) is 56.8 Å². The van der Waals surface area contributed by atoms with Crippen LogP contribution in [0.2, 0.25) is 5.02 Å². The second-order valence-electron chi connectivity index (χ2n) is 7.90. The van der Waals surface area contributed by atoms with Gasteiger partial charge in [-0.3, -0.25) is 9.59 Å². The standard InChI is InChI=1S/C20H29ClN4O2/c1-11-6-12(2)24-20(27)17(11)10-23-19(26)16-7-14(21)8-18(13(16)3)25-15-4-5-22-9-15/h7-8,11-12,15,17,22,25H,4-6,9-10H2,1-3H3,(H,23,26)(H,24,27). The molecule has 2 heterocycles. The molecule has 2 aliphatic rings. The number of hydrogen-bond donors (Lipinski definition) is 4. The van der Waals surface area contributed by atoms with Crippen LogP contribution >= 0.6 is 11.6 Å². The van der Waals surface area contributed by atoms with Crippen LogP contribution in [0.3, 0.4) is 0 Å². The highest BCUT2D eigenvalue weighted by atomic mass is 35.5. The molecule has 7 heteroatoms. The highest BCUT2D eigenvalue weighted by Gasteiger charge is 2.32. The maximum atomic E-state index is 12.8. The average molecular weight is 393 g/mol. The highest BCUT2D eigenvalue weighted by molar-refractivity contribution is 6.31. The minimum Gasteiger partial charge on any atom is -0.381 e. The Kier molecular flexibility index (Phi) is 6.27. The summed E-state index contributed by atoms with van der Waals surface area (Å²) in [5.74, 6) is -0.143. The highest BCUT2D eigenvalue weighted by Crippen LogP contribution is 2.27. The van der Waals surface area contributed by atoms with Crippen molar-refractivity contribution in [2.45, 2.75) is 45.7 Å². The fraction of sp³-hybridized carbons (Fsp3) is 0.600. The zero-order valence-corrected chi connectivity index (χ0v) is 17.0. The van der Waals surface area contributed by atoms with E-state index in [2.05, 4.69) is 28.2 Å². The van der Waals surface area contributed by atoms with Crippen LogP contribution in [0.1, 0.15) is 42.6 Å². The third-order valence-corrected chi connectivity index (χ3v) is 5.88. The van der Waals surface area contributed by atoms with Crippen molar-refractivity contribution in [1.29, 1.82) is 0 Å². The maximum Gasteiger partial charge on any atom is 0.251 e. The van der Waals surface area contributed by atoms with Gasteiger partial charge in [0.25, 0.3) is 5.91 Å². The van der Waals surface area contributed by atoms with Crippen molar-refractivity contribution in [3.05, 3.63) is 28.3 Å². The summed E-state index contributed by atoms with van der Waals surface area (Å²) in [5, 5.41) is 13.2. The number of piperidine rings is 1. The van der Waals surface area contributed by atoms with Gasteiger partial charge in [-0.2, -0.15) is 0 Å². The monoisotopic (exact) mass is 392 g/mol. The summed E-state index contributed by atoms with van der Waals surface area (Å²) >= 11 is 6.26. The van der Waals surface area contributed by atoms with Gasteiger partial charge in [-0.1, -0.05) is 18.5 Å². The summed E-state index contributed by atoms with van der Waals surface area (Å²) in [4.78, 5) is 25.0. The van der Waals surface area contributed by atoms with Crippen LogP contribution in [-0.4, -0.2) is 43.5 Å². The predicted octanol–water partition coefficient (Wildman–Crippen LogP) is 2.31. The van der Waals surface area contributed by atoms with Gasteiger partial charge < -0.3 is 21.3 Å². The van der Waals surface area contributed by atoms with Gasteiger partial charge in [0.05, 0.1) is 5.92 Å². The van der Waals surface area contributed by atoms with Crippen molar-refractivity contribution in [2.24, 2.45) is 11.8 Å². The maximum absolute atomic E-state index is 12.8. The predicted molar refractivity (Wildman–Crippen MR) is 108 cm³/mol. The Hall–Kier alpha value is -1.79. The molecule has 1 aromatic rings. The number of rotatable bonds is 5. The smallest absolute Gasteiger partial charge is 0.251 e. The summed E-state index contributed by atoms with van der Waals surface area (Å²) in [6.45, 7) is 8.22. The van der Waals surface area contributed by atoms with Crippen LogP contribution in [-0.2, 0) is 4.79 Å². The van der Waals surface area contributed by atoms with Crippen molar-refractivity contribution in [3.8, 4) is 0 Å². The minimum atomic E-state index is -0.202.